The molecule has 1 aromatic heterocycles. The molecular weight excluding hydrogens is 192 g/mol. The lowest BCUT2D eigenvalue weighted by Crippen LogP contribution is -2.34. The molecule has 0 radical (unpaired) electrons. The van der Waals surface area contributed by atoms with Gasteiger partial charge in [0.1, 0.15) is 5.76 Å². The largest absolute Gasteiger partial charge is 0.467 e. The molecule has 1 saturated heterocycles. The molecule has 2 heterocycles. The number of carbonyl (C=O) groups excluding carboxylic acids is 1. The number of nitrogens with two attached hydrogens (primary N) is 1. The van der Waals surface area contributed by atoms with Crippen molar-refractivity contribution in [2.45, 2.75) is 25.9 Å². The summed E-state index contributed by atoms with van der Waals surface area (Å²) in [6.07, 6.45) is 2.19. The minimum Gasteiger partial charge on any atom is -0.467 e. The highest BCUT2D eigenvalue weighted by molar-refractivity contribution is 5.79. The Bertz CT molecular complexity index is 334. The lowest BCUT2D eigenvalue weighted by molar-refractivity contribution is -0.129. The van der Waals surface area contributed by atoms with Gasteiger partial charge in [-0.3, -0.25) is 4.79 Å². The van der Waals surface area contributed by atoms with Crippen LogP contribution in [0.2, 0.25) is 0 Å². The monoisotopic (exact) mass is 208 g/mol. The third kappa shape index (κ3) is 1.90. The zero-order valence-electron chi connectivity index (χ0n) is 8.85. The van der Waals surface area contributed by atoms with E-state index in [9.17, 15) is 4.79 Å². The third-order valence-corrected chi connectivity index (χ3v) is 3.14. The molecule has 82 valence electrons. The second-order valence-electron chi connectivity index (χ2n) is 4.04. The Morgan fingerprint density at radius 1 is 1.67 bits per heavy atom. The molecule has 0 aliphatic carbocycles. The molecule has 1 amide bonds. The van der Waals surface area contributed by atoms with E-state index in [-0.39, 0.29) is 17.9 Å². The highest BCUT2D eigenvalue weighted by atomic mass is 16.3. The molecule has 1 fully saturated rings. The van der Waals surface area contributed by atoms with Crippen LogP contribution in [0.3, 0.4) is 0 Å². The second kappa shape index (κ2) is 4.06. The first-order valence-electron chi connectivity index (χ1n) is 5.24. The maximum absolute atomic E-state index is 11.7. The van der Waals surface area contributed by atoms with E-state index >= 15 is 0 Å². The van der Waals surface area contributed by atoms with E-state index in [1.807, 2.05) is 24.0 Å². The second-order valence-corrected chi connectivity index (χ2v) is 4.04. The highest BCUT2D eigenvalue weighted by Crippen LogP contribution is 2.26. The Morgan fingerprint density at radius 3 is 3.00 bits per heavy atom. The molecule has 2 rings (SSSR count). The molecule has 2 N–H and O–H groups in total. The number of nitrogens with zero attached hydrogens (tertiary/aromatic N) is 1. The summed E-state index contributed by atoms with van der Waals surface area (Å²) in [4.78, 5) is 13.6. The summed E-state index contributed by atoms with van der Waals surface area (Å²) in [6, 6.07) is 3.93. The summed E-state index contributed by atoms with van der Waals surface area (Å²) < 4.78 is 5.24. The Kier molecular flexibility index (Phi) is 2.77. The summed E-state index contributed by atoms with van der Waals surface area (Å²) in [5, 5.41) is 0. The Morgan fingerprint density at radius 2 is 2.47 bits per heavy atom. The first-order valence-corrected chi connectivity index (χ1v) is 5.24. The molecule has 4 heteroatoms. The standard InChI is InChI=1S/C11H16N2O2/c1-8-9(6-12)5-11(14)13(8)7-10-3-2-4-15-10/h2-4,8-9H,5-7,12H2,1H3. The maximum atomic E-state index is 11.7. The SMILES string of the molecule is CC1C(CN)CC(=O)N1Cc1ccco1. The summed E-state index contributed by atoms with van der Waals surface area (Å²) in [7, 11) is 0. The normalized spacial score (nSPS) is 26.3. The zero-order chi connectivity index (χ0) is 10.8. The van der Waals surface area contributed by atoms with Crippen molar-refractivity contribution >= 4 is 5.91 Å². The van der Waals surface area contributed by atoms with Crippen molar-refractivity contribution in [3.8, 4) is 0 Å². The van der Waals surface area contributed by atoms with Gasteiger partial charge < -0.3 is 15.1 Å². The van der Waals surface area contributed by atoms with E-state index in [1.54, 1.807) is 6.26 Å². The van der Waals surface area contributed by atoms with E-state index < -0.39 is 0 Å². The summed E-state index contributed by atoms with van der Waals surface area (Å²) in [5.41, 5.74) is 5.62. The number of likely N-dealkylation sites (tertiary alicyclic amines) is 1. The molecule has 2 atom stereocenters. The van der Waals surface area contributed by atoms with Gasteiger partial charge in [-0.05, 0) is 25.6 Å². The van der Waals surface area contributed by atoms with E-state index in [2.05, 4.69) is 0 Å². The van der Waals surface area contributed by atoms with Crippen LogP contribution >= 0.6 is 0 Å². The first-order chi connectivity index (χ1) is 7.22. The Hall–Kier alpha value is -1.29. The predicted octanol–water partition coefficient (Wildman–Crippen LogP) is 0.975. The molecule has 15 heavy (non-hydrogen) atoms. The van der Waals surface area contributed by atoms with Crippen molar-refractivity contribution in [2.24, 2.45) is 11.7 Å². The number of carbonyl (C=O) groups is 1. The van der Waals surface area contributed by atoms with E-state index in [4.69, 9.17) is 10.2 Å². The molecule has 0 aromatic carbocycles. The van der Waals surface area contributed by atoms with Gasteiger partial charge in [0.15, 0.2) is 0 Å². The Labute approximate surface area is 89.0 Å². The smallest absolute Gasteiger partial charge is 0.223 e. The van der Waals surface area contributed by atoms with Crippen LogP contribution in [0.25, 0.3) is 0 Å². The van der Waals surface area contributed by atoms with Crippen LogP contribution in [-0.2, 0) is 11.3 Å². The molecule has 0 saturated carbocycles. The van der Waals surface area contributed by atoms with Gasteiger partial charge >= 0.3 is 0 Å². The molecule has 0 spiro atoms. The molecule has 2 unspecified atom stereocenters. The van der Waals surface area contributed by atoms with Crippen LogP contribution in [0.1, 0.15) is 19.1 Å². The van der Waals surface area contributed by atoms with E-state index in [0.29, 0.717) is 19.5 Å². The quantitative estimate of drug-likeness (QED) is 0.805. The van der Waals surface area contributed by atoms with Crippen molar-refractivity contribution in [3.05, 3.63) is 24.2 Å². The molecule has 1 aliphatic heterocycles. The zero-order valence-corrected chi connectivity index (χ0v) is 8.85. The average molecular weight is 208 g/mol. The lowest BCUT2D eigenvalue weighted by atomic mass is 10.0. The fraction of sp³-hybridized carbons (Fsp3) is 0.545. The van der Waals surface area contributed by atoms with Gasteiger partial charge in [0, 0.05) is 18.4 Å². The number of furan rings is 1. The predicted molar refractivity (Wildman–Crippen MR) is 55.9 cm³/mol. The number of hydrogen-bond donors (Lipinski definition) is 1. The first kappa shape index (κ1) is 10.2. The summed E-state index contributed by atoms with van der Waals surface area (Å²) in [6.45, 7) is 3.18. The van der Waals surface area contributed by atoms with Gasteiger partial charge in [-0.1, -0.05) is 0 Å². The molecule has 1 aromatic rings. The fourth-order valence-corrected chi connectivity index (χ4v) is 2.08. The van der Waals surface area contributed by atoms with Crippen LogP contribution in [0, 0.1) is 5.92 Å². The van der Waals surface area contributed by atoms with Gasteiger partial charge in [0.05, 0.1) is 12.8 Å². The van der Waals surface area contributed by atoms with Gasteiger partial charge in [0.25, 0.3) is 0 Å². The number of amides is 1. The fourth-order valence-electron chi connectivity index (χ4n) is 2.08. The van der Waals surface area contributed by atoms with Crippen LogP contribution in [0.4, 0.5) is 0 Å². The number of rotatable bonds is 3. The molecular formula is C11H16N2O2. The van der Waals surface area contributed by atoms with Crippen molar-refractivity contribution in [1.82, 2.24) is 4.90 Å². The van der Waals surface area contributed by atoms with E-state index in [1.165, 1.54) is 0 Å². The topological polar surface area (TPSA) is 59.5 Å². The van der Waals surface area contributed by atoms with Gasteiger partial charge in [0.2, 0.25) is 5.91 Å². The minimum atomic E-state index is 0.175. The van der Waals surface area contributed by atoms with Crippen molar-refractivity contribution < 1.29 is 9.21 Å². The van der Waals surface area contributed by atoms with Gasteiger partial charge in [-0.2, -0.15) is 0 Å². The molecule has 4 nitrogen and oxygen atoms in total. The van der Waals surface area contributed by atoms with Crippen molar-refractivity contribution in [1.29, 1.82) is 0 Å². The lowest BCUT2D eigenvalue weighted by Gasteiger charge is -2.23. The van der Waals surface area contributed by atoms with Crippen LogP contribution in [0.5, 0.6) is 0 Å². The van der Waals surface area contributed by atoms with E-state index in [0.717, 1.165) is 5.76 Å². The van der Waals surface area contributed by atoms with Gasteiger partial charge in [-0.15, -0.1) is 0 Å². The third-order valence-electron chi connectivity index (χ3n) is 3.14. The maximum Gasteiger partial charge on any atom is 0.223 e. The number of hydrogen-bond acceptors (Lipinski definition) is 3. The highest BCUT2D eigenvalue weighted by Gasteiger charge is 2.35. The summed E-state index contributed by atoms with van der Waals surface area (Å²) >= 11 is 0. The van der Waals surface area contributed by atoms with Crippen LogP contribution < -0.4 is 5.73 Å². The van der Waals surface area contributed by atoms with Gasteiger partial charge in [-0.25, -0.2) is 0 Å². The minimum absolute atomic E-state index is 0.175. The Balaban J connectivity index is 2.06. The molecule has 0 bridgehead atoms. The van der Waals surface area contributed by atoms with Crippen LogP contribution in [-0.4, -0.2) is 23.4 Å². The van der Waals surface area contributed by atoms with Crippen LogP contribution in [0.15, 0.2) is 22.8 Å². The van der Waals surface area contributed by atoms with Crippen molar-refractivity contribution in [3.63, 3.8) is 0 Å². The summed E-state index contributed by atoms with van der Waals surface area (Å²) in [5.74, 6) is 1.29. The van der Waals surface area contributed by atoms with Crippen molar-refractivity contribution in [2.75, 3.05) is 6.54 Å². The average Bonchev–Trinajstić information content (AvgIpc) is 2.81. The molecule has 1 aliphatic rings.